The van der Waals surface area contributed by atoms with Crippen LogP contribution in [0.5, 0.6) is 5.75 Å². The second-order valence-corrected chi connectivity index (χ2v) is 6.37. The molecule has 0 amide bonds. The van der Waals surface area contributed by atoms with Crippen molar-refractivity contribution in [2.45, 2.75) is 20.0 Å². The van der Waals surface area contributed by atoms with E-state index in [-0.39, 0.29) is 6.10 Å². The number of benzene rings is 1. The normalized spacial score (nSPS) is 11.7. The Hall–Kier alpha value is 0.243. The third-order valence-electron chi connectivity index (χ3n) is 1.43. The van der Waals surface area contributed by atoms with Crippen LogP contribution in [0.25, 0.3) is 0 Å². The molecule has 0 N–H and O–H groups in total. The zero-order valence-corrected chi connectivity index (χ0v) is 11.5. The van der Waals surface area contributed by atoms with Crippen molar-refractivity contribution >= 4 is 24.4 Å². The van der Waals surface area contributed by atoms with E-state index < -0.39 is 0 Å². The first kappa shape index (κ1) is 11.3. The number of hydrogen-bond acceptors (Lipinski definition) is 1. The summed E-state index contributed by atoms with van der Waals surface area (Å²) in [5.74, 6) is 1.00. The second kappa shape index (κ2) is 5.87. The quantitative estimate of drug-likeness (QED) is 0.582. The molecule has 0 atom stereocenters. The molecule has 1 nitrogen and oxygen atoms in total. The fraction of sp³-hybridized carbons (Fsp3) is 0.300. The fourth-order valence-electron chi connectivity index (χ4n) is 0.968. The minimum atomic E-state index is 0.250. The van der Waals surface area contributed by atoms with E-state index in [9.17, 15) is 0 Å². The van der Waals surface area contributed by atoms with E-state index in [1.807, 2.05) is 32.0 Å². The first-order valence-corrected chi connectivity index (χ1v) is 10.2. The Bertz CT molecular complexity index is 297. The van der Waals surface area contributed by atoms with Gasteiger partial charge in [0.15, 0.2) is 0 Å². The summed E-state index contributed by atoms with van der Waals surface area (Å²) < 4.78 is 7.93. The van der Waals surface area contributed by atoms with Gasteiger partial charge >= 0.3 is 97.8 Å². The molecule has 0 unspecified atom stereocenters. The van der Waals surface area contributed by atoms with Crippen LogP contribution in [0.3, 0.4) is 0 Å². The zero-order chi connectivity index (χ0) is 9.68. The molecule has 0 bridgehead atoms. The van der Waals surface area contributed by atoms with E-state index in [0.717, 1.165) is 5.75 Å². The van der Waals surface area contributed by atoms with Crippen molar-refractivity contribution < 1.29 is 17.9 Å². The van der Waals surface area contributed by atoms with Gasteiger partial charge in [-0.2, -0.15) is 0 Å². The third-order valence-corrected chi connectivity index (χ3v) is 3.46. The van der Waals surface area contributed by atoms with Gasteiger partial charge in [0.05, 0.1) is 0 Å². The van der Waals surface area contributed by atoms with Crippen molar-refractivity contribution in [1.82, 2.24) is 0 Å². The molecule has 0 saturated carbocycles. The first-order valence-electron chi connectivity index (χ1n) is 4.05. The second-order valence-electron chi connectivity index (χ2n) is 2.88. The van der Waals surface area contributed by atoms with E-state index in [1.165, 1.54) is 5.56 Å². The molecule has 0 radical (unpaired) electrons. The average Bonchev–Trinajstić information content (AvgIpc) is 2.08. The van der Waals surface area contributed by atoms with Crippen molar-refractivity contribution in [3.05, 3.63) is 29.8 Å². The van der Waals surface area contributed by atoms with Gasteiger partial charge < -0.3 is 0 Å². The molecule has 0 heterocycles. The van der Waals surface area contributed by atoms with E-state index >= 15 is 0 Å². The van der Waals surface area contributed by atoms with E-state index in [0.29, 0.717) is 13.2 Å². The monoisotopic (exact) mass is 377 g/mol. The summed E-state index contributed by atoms with van der Waals surface area (Å²) in [5.41, 5.74) is 1.23. The number of hydrogen-bond donors (Lipinski definition) is 0. The molecule has 0 fully saturated rings. The van der Waals surface area contributed by atoms with Gasteiger partial charge in [-0.25, -0.2) is 0 Å². The predicted molar refractivity (Wildman–Crippen MR) is 61.4 cm³/mol. The van der Waals surface area contributed by atoms with Crippen molar-refractivity contribution in [2.75, 3.05) is 0 Å². The summed E-state index contributed by atoms with van der Waals surface area (Å²) in [6, 6.07) is 8.19. The summed E-state index contributed by atoms with van der Waals surface area (Å²) in [4.78, 5) is 0. The summed E-state index contributed by atoms with van der Waals surface area (Å²) in [6.07, 6.45) is 0.250. The zero-order valence-electron chi connectivity index (χ0n) is 7.60. The van der Waals surface area contributed by atoms with Gasteiger partial charge in [-0.15, -0.1) is 0 Å². The van der Waals surface area contributed by atoms with Crippen LogP contribution in [-0.2, 0) is 13.2 Å². The molecule has 73 valence electrons. The van der Waals surface area contributed by atoms with Gasteiger partial charge in [0.1, 0.15) is 0 Å². The molecule has 0 saturated heterocycles. The molecule has 0 spiro atoms. The molecule has 3 heteroatoms. The van der Waals surface area contributed by atoms with Crippen molar-refractivity contribution in [3.8, 4) is 5.75 Å². The molecule has 0 aliphatic heterocycles. The van der Waals surface area contributed by atoms with Crippen molar-refractivity contribution in [1.29, 1.82) is 0 Å². The maximum atomic E-state index is 5.68. The Morgan fingerprint density at radius 3 is 2.69 bits per heavy atom. The molecular formula is C10H12IORu. The molecular weight excluding hydrogens is 364 g/mol. The van der Waals surface area contributed by atoms with Gasteiger partial charge in [-0.05, 0) is 0 Å². The van der Waals surface area contributed by atoms with E-state index in [1.54, 1.807) is 0 Å². The van der Waals surface area contributed by atoms with Crippen LogP contribution in [-0.4, -0.2) is 10.7 Å². The van der Waals surface area contributed by atoms with E-state index in [2.05, 4.69) is 30.4 Å². The third kappa shape index (κ3) is 3.86. The number of para-hydroxylation sites is 1. The Morgan fingerprint density at radius 2 is 2.08 bits per heavy atom. The van der Waals surface area contributed by atoms with Gasteiger partial charge in [0, 0.05) is 0 Å². The van der Waals surface area contributed by atoms with Crippen LogP contribution in [0.2, 0.25) is 0 Å². The number of rotatable bonds is 3. The topological polar surface area (TPSA) is 9.23 Å². The summed E-state index contributed by atoms with van der Waals surface area (Å²) in [5, 5.41) is 0. The molecule has 0 aliphatic rings. The van der Waals surface area contributed by atoms with Crippen LogP contribution in [0, 0.1) is 0 Å². The average molecular weight is 376 g/mol. The Labute approximate surface area is 97.2 Å². The minimum absolute atomic E-state index is 0.250. The molecule has 0 aromatic heterocycles. The maximum absolute atomic E-state index is 5.68. The molecule has 1 rings (SSSR count). The first-order chi connectivity index (χ1) is 6.24. The van der Waals surface area contributed by atoms with Crippen molar-refractivity contribution in [3.63, 3.8) is 0 Å². The van der Waals surface area contributed by atoms with Crippen molar-refractivity contribution in [2.24, 2.45) is 0 Å². The summed E-state index contributed by atoms with van der Waals surface area (Å²) in [7, 11) is 0. The SMILES string of the molecule is CC(C)Oc1ccccc1[CH]=[Ru][I]. The summed E-state index contributed by atoms with van der Waals surface area (Å²) >= 11 is 2.73. The standard InChI is InChI=1S/C10H12O.HI.Ru/c1-8(2)11-10-7-5-4-6-9(10)3;;/h3-8H,1-2H3;1H;/q;;+1/p-1. The summed E-state index contributed by atoms with van der Waals surface area (Å²) in [6.45, 7) is 4.10. The Morgan fingerprint density at radius 1 is 1.38 bits per heavy atom. The Balaban J connectivity index is 2.90. The van der Waals surface area contributed by atoms with E-state index in [4.69, 9.17) is 4.74 Å². The molecule has 1 aromatic carbocycles. The van der Waals surface area contributed by atoms with Crippen LogP contribution in [0.4, 0.5) is 0 Å². The number of ether oxygens (including phenoxy) is 1. The molecule has 13 heavy (non-hydrogen) atoms. The van der Waals surface area contributed by atoms with Gasteiger partial charge in [-0.1, -0.05) is 0 Å². The van der Waals surface area contributed by atoms with Crippen LogP contribution < -0.4 is 4.74 Å². The van der Waals surface area contributed by atoms with Crippen LogP contribution in [0.1, 0.15) is 19.4 Å². The molecule has 0 aliphatic carbocycles. The van der Waals surface area contributed by atoms with Crippen LogP contribution >= 0.6 is 19.8 Å². The molecule has 1 aromatic rings. The Kier molecular flexibility index (Phi) is 5.11. The number of halogens is 1. The fourth-order valence-corrected chi connectivity index (χ4v) is 2.99. The van der Waals surface area contributed by atoms with Gasteiger partial charge in [0.2, 0.25) is 0 Å². The van der Waals surface area contributed by atoms with Gasteiger partial charge in [-0.3, -0.25) is 0 Å². The van der Waals surface area contributed by atoms with Crippen LogP contribution in [0.15, 0.2) is 24.3 Å². The van der Waals surface area contributed by atoms with Gasteiger partial charge in [0.25, 0.3) is 0 Å². The predicted octanol–water partition coefficient (Wildman–Crippen LogP) is 3.06.